The lowest BCUT2D eigenvalue weighted by Gasteiger charge is -2.54. The first-order chi connectivity index (χ1) is 14.7. The Labute approximate surface area is 189 Å². The maximum atomic E-state index is 10.1. The highest BCUT2D eigenvalue weighted by atomic mass is 35.5. The van der Waals surface area contributed by atoms with Crippen molar-refractivity contribution < 1.29 is 19.3 Å². The lowest BCUT2D eigenvalue weighted by molar-refractivity contribution is -0.0508. The predicted octanol–water partition coefficient (Wildman–Crippen LogP) is 5.45. The zero-order chi connectivity index (χ0) is 22.3. The molecule has 0 unspecified atom stereocenters. The van der Waals surface area contributed by atoms with Gasteiger partial charge in [-0.05, 0) is 29.3 Å². The third-order valence-electron chi connectivity index (χ3n) is 6.30. The van der Waals surface area contributed by atoms with Crippen LogP contribution in [0, 0.1) is 5.41 Å². The van der Waals surface area contributed by atoms with E-state index >= 15 is 0 Å². The lowest BCUT2D eigenvalue weighted by Crippen LogP contribution is -2.55. The van der Waals surface area contributed by atoms with Crippen molar-refractivity contribution in [3.05, 3.63) is 70.6 Å². The van der Waals surface area contributed by atoms with Crippen LogP contribution in [0.5, 0.6) is 5.75 Å². The van der Waals surface area contributed by atoms with Crippen molar-refractivity contribution in [2.24, 2.45) is 5.41 Å². The van der Waals surface area contributed by atoms with E-state index < -0.39 is 0 Å². The predicted molar refractivity (Wildman–Crippen MR) is 123 cm³/mol. The molecule has 0 radical (unpaired) electrons. The van der Waals surface area contributed by atoms with E-state index in [2.05, 4.69) is 38.0 Å². The fourth-order valence-corrected chi connectivity index (χ4v) is 5.13. The van der Waals surface area contributed by atoms with E-state index in [9.17, 15) is 5.11 Å². The summed E-state index contributed by atoms with van der Waals surface area (Å²) in [5, 5.41) is 10.7. The molecule has 3 heterocycles. The van der Waals surface area contributed by atoms with Gasteiger partial charge in [-0.15, -0.1) is 0 Å². The molecule has 0 bridgehead atoms. The van der Waals surface area contributed by atoms with Crippen LogP contribution in [0.3, 0.4) is 0 Å². The highest BCUT2D eigenvalue weighted by Crippen LogP contribution is 2.52. The molecule has 0 amide bonds. The maximum absolute atomic E-state index is 10.1. The molecule has 6 heteroatoms. The number of halogens is 1. The van der Waals surface area contributed by atoms with Crippen LogP contribution in [-0.2, 0) is 9.47 Å². The number of aliphatic hydroxyl groups is 1. The Morgan fingerprint density at radius 1 is 1.35 bits per heavy atom. The maximum Gasteiger partial charge on any atom is 0.138 e. The summed E-state index contributed by atoms with van der Waals surface area (Å²) < 4.78 is 17.1. The van der Waals surface area contributed by atoms with Crippen LogP contribution < -0.4 is 4.74 Å². The van der Waals surface area contributed by atoms with E-state index in [0.717, 1.165) is 23.3 Å². The summed E-state index contributed by atoms with van der Waals surface area (Å²) in [4.78, 5) is 2.25. The van der Waals surface area contributed by atoms with E-state index in [1.807, 2.05) is 18.3 Å². The molecule has 1 fully saturated rings. The average molecular weight is 444 g/mol. The van der Waals surface area contributed by atoms with Crippen LogP contribution in [0.2, 0.25) is 5.02 Å². The number of nitrogens with zero attached hydrogens (tertiary/aromatic N) is 1. The first kappa shape index (κ1) is 22.0. The Balaban J connectivity index is 1.81. The standard InChI is InChI=1S/C25H30ClNO4/c1-15-9-22-18-10-21(26)23(31-8-6-7-29-5)11-17(18)20-13-30-14-25(3,4)24(20)27(22)12-19(15)16(2)28/h9-12,20,24,28H,1-2,6-8,13-14H2,3-5H3/t20-,24+/m1/s1. The number of hydrogen-bond acceptors (Lipinski definition) is 5. The number of aliphatic hydroxyl groups excluding tert-OH is 1. The van der Waals surface area contributed by atoms with Crippen LogP contribution in [0.25, 0.3) is 5.70 Å². The summed E-state index contributed by atoms with van der Waals surface area (Å²) in [7, 11) is 1.68. The third-order valence-corrected chi connectivity index (χ3v) is 6.59. The normalized spacial score (nSPS) is 23.9. The summed E-state index contributed by atoms with van der Waals surface area (Å²) in [5.41, 5.74) is 4.49. The van der Waals surface area contributed by atoms with Crippen LogP contribution in [0.4, 0.5) is 0 Å². The molecule has 0 spiro atoms. The number of hydrogen-bond donors (Lipinski definition) is 1. The number of allylic oxidation sites excluding steroid dienone is 2. The quantitative estimate of drug-likeness (QED) is 0.468. The molecule has 2 atom stereocenters. The highest BCUT2D eigenvalue weighted by Gasteiger charge is 2.49. The summed E-state index contributed by atoms with van der Waals surface area (Å²) in [5.74, 6) is 0.831. The summed E-state index contributed by atoms with van der Waals surface area (Å²) in [6.07, 6.45) is 4.77. The van der Waals surface area contributed by atoms with E-state index in [1.54, 1.807) is 7.11 Å². The van der Waals surface area contributed by atoms with Crippen molar-refractivity contribution in [1.29, 1.82) is 0 Å². The van der Waals surface area contributed by atoms with E-state index in [0.29, 0.717) is 42.8 Å². The van der Waals surface area contributed by atoms with Crippen LogP contribution >= 0.6 is 11.6 Å². The van der Waals surface area contributed by atoms with Crippen molar-refractivity contribution in [1.82, 2.24) is 4.90 Å². The Morgan fingerprint density at radius 2 is 2.13 bits per heavy atom. The summed E-state index contributed by atoms with van der Waals surface area (Å²) in [6.45, 7) is 14.7. The molecule has 166 valence electrons. The molecule has 4 rings (SSSR count). The number of rotatable bonds is 6. The van der Waals surface area contributed by atoms with E-state index in [1.165, 1.54) is 5.56 Å². The molecule has 0 saturated carbocycles. The number of benzene rings is 1. The van der Waals surface area contributed by atoms with Crippen LogP contribution in [-0.4, -0.2) is 49.6 Å². The van der Waals surface area contributed by atoms with Crippen molar-refractivity contribution in [3.63, 3.8) is 0 Å². The minimum Gasteiger partial charge on any atom is -0.508 e. The van der Waals surface area contributed by atoms with Gasteiger partial charge in [0.05, 0.1) is 30.9 Å². The molecule has 3 aliphatic rings. The van der Waals surface area contributed by atoms with Gasteiger partial charge in [0.2, 0.25) is 0 Å². The number of ether oxygens (including phenoxy) is 3. The van der Waals surface area contributed by atoms with Gasteiger partial charge < -0.3 is 24.2 Å². The first-order valence-corrected chi connectivity index (χ1v) is 10.9. The minimum atomic E-state index is -0.115. The van der Waals surface area contributed by atoms with Gasteiger partial charge in [-0.25, -0.2) is 0 Å². The van der Waals surface area contributed by atoms with Crippen LogP contribution in [0.15, 0.2) is 54.5 Å². The summed E-state index contributed by atoms with van der Waals surface area (Å²) >= 11 is 6.63. The Hall–Kier alpha value is -2.21. The van der Waals surface area contributed by atoms with Gasteiger partial charge in [0.25, 0.3) is 0 Å². The molecule has 0 aliphatic carbocycles. The molecular formula is C25H30ClNO4. The first-order valence-electron chi connectivity index (χ1n) is 10.6. The fraction of sp³-hybridized carbons (Fsp3) is 0.440. The van der Waals surface area contributed by atoms with Gasteiger partial charge in [0.15, 0.2) is 0 Å². The minimum absolute atomic E-state index is 0.0188. The SMILES string of the molecule is C=C(O)C1=CN2C(=CC1=C)c1cc(Cl)c(OCCCOC)cc1[C@H]1COCC(C)(C)[C@H]12. The van der Waals surface area contributed by atoms with Crippen molar-refractivity contribution in [3.8, 4) is 5.75 Å². The zero-order valence-corrected chi connectivity index (χ0v) is 19.2. The largest absolute Gasteiger partial charge is 0.508 e. The van der Waals surface area contributed by atoms with Gasteiger partial charge >= 0.3 is 0 Å². The molecule has 0 aromatic heterocycles. The molecule has 31 heavy (non-hydrogen) atoms. The van der Waals surface area contributed by atoms with Crippen molar-refractivity contribution in [2.45, 2.75) is 32.2 Å². The Kier molecular flexibility index (Phi) is 5.95. The fourth-order valence-electron chi connectivity index (χ4n) is 4.91. The number of methoxy groups -OCH3 is 1. The van der Waals surface area contributed by atoms with E-state index in [-0.39, 0.29) is 23.1 Å². The second kappa shape index (κ2) is 8.38. The molecule has 1 N–H and O–H groups in total. The molecule has 1 aromatic carbocycles. The molecule has 1 saturated heterocycles. The van der Waals surface area contributed by atoms with Gasteiger partial charge in [-0.1, -0.05) is 38.6 Å². The van der Waals surface area contributed by atoms with Gasteiger partial charge in [0.1, 0.15) is 11.5 Å². The second-order valence-corrected chi connectivity index (χ2v) is 9.48. The smallest absolute Gasteiger partial charge is 0.138 e. The van der Waals surface area contributed by atoms with Gasteiger partial charge in [-0.3, -0.25) is 0 Å². The van der Waals surface area contributed by atoms with Crippen molar-refractivity contribution in [2.75, 3.05) is 33.5 Å². The highest BCUT2D eigenvalue weighted by molar-refractivity contribution is 6.32. The lowest BCUT2D eigenvalue weighted by atomic mass is 9.68. The summed E-state index contributed by atoms with van der Waals surface area (Å²) in [6, 6.07) is 4.18. The third kappa shape index (κ3) is 3.91. The molecule has 3 aliphatic heterocycles. The van der Waals surface area contributed by atoms with Crippen LogP contribution in [0.1, 0.15) is 37.3 Å². The second-order valence-electron chi connectivity index (χ2n) is 9.07. The average Bonchev–Trinajstić information content (AvgIpc) is 2.71. The van der Waals surface area contributed by atoms with Crippen molar-refractivity contribution >= 4 is 17.3 Å². The van der Waals surface area contributed by atoms with E-state index in [4.69, 9.17) is 25.8 Å². The zero-order valence-electron chi connectivity index (χ0n) is 18.4. The Bertz CT molecular complexity index is 978. The number of fused-ring (bicyclic) bond motifs is 6. The monoisotopic (exact) mass is 443 g/mol. The molecule has 1 aromatic rings. The molecular weight excluding hydrogens is 414 g/mol. The Morgan fingerprint density at radius 3 is 2.84 bits per heavy atom. The van der Waals surface area contributed by atoms with Gasteiger partial charge in [0, 0.05) is 54.5 Å². The molecule has 5 nitrogen and oxygen atoms in total. The van der Waals surface area contributed by atoms with Gasteiger partial charge in [-0.2, -0.15) is 0 Å². The topological polar surface area (TPSA) is 51.2 Å².